The molecule has 1 aromatic carbocycles. The highest BCUT2D eigenvalue weighted by atomic mass is 19.1. The molecule has 2 atom stereocenters. The van der Waals surface area contributed by atoms with Gasteiger partial charge in [-0.2, -0.15) is 5.10 Å². The van der Waals surface area contributed by atoms with E-state index < -0.39 is 23.8 Å². The maximum Gasteiger partial charge on any atom is 0.137 e. The van der Waals surface area contributed by atoms with E-state index in [4.69, 9.17) is 0 Å². The van der Waals surface area contributed by atoms with Gasteiger partial charge in [-0.1, -0.05) is 6.07 Å². The summed E-state index contributed by atoms with van der Waals surface area (Å²) in [6.07, 6.45) is 1.79. The van der Waals surface area contributed by atoms with Gasteiger partial charge < -0.3 is 5.11 Å². The maximum absolute atomic E-state index is 13.6. The second-order valence-corrected chi connectivity index (χ2v) is 3.73. The molecule has 90 valence electrons. The third-order valence-electron chi connectivity index (χ3n) is 2.46. The topological polar surface area (TPSA) is 50.9 Å². The summed E-state index contributed by atoms with van der Waals surface area (Å²) >= 11 is 0. The zero-order chi connectivity index (χ0) is 12.4. The van der Waals surface area contributed by atoms with Crippen LogP contribution in [0.25, 0.3) is 0 Å². The summed E-state index contributed by atoms with van der Waals surface area (Å²) in [5.74, 6) is -1.37. The summed E-state index contributed by atoms with van der Waals surface area (Å²) in [6.45, 7) is 1.51. The molecule has 1 heterocycles. The molecule has 0 aliphatic carbocycles. The Labute approximate surface area is 96.5 Å². The van der Waals surface area contributed by atoms with E-state index in [9.17, 15) is 13.9 Å². The molecule has 0 aliphatic heterocycles. The number of hydrogen-bond donors (Lipinski definition) is 1. The zero-order valence-corrected chi connectivity index (χ0v) is 9.09. The van der Waals surface area contributed by atoms with Crippen LogP contribution in [0.15, 0.2) is 30.9 Å². The Balaban J connectivity index is 2.47. The monoisotopic (exact) mass is 239 g/mol. The van der Waals surface area contributed by atoms with Crippen molar-refractivity contribution in [2.45, 2.75) is 19.1 Å². The van der Waals surface area contributed by atoms with Crippen LogP contribution in [0.2, 0.25) is 0 Å². The van der Waals surface area contributed by atoms with Crippen molar-refractivity contribution in [2.75, 3.05) is 0 Å². The zero-order valence-electron chi connectivity index (χ0n) is 9.09. The third-order valence-corrected chi connectivity index (χ3v) is 2.46. The number of benzene rings is 1. The van der Waals surface area contributed by atoms with Crippen LogP contribution >= 0.6 is 0 Å². The number of hydrogen-bond acceptors (Lipinski definition) is 3. The van der Waals surface area contributed by atoms with Crippen molar-refractivity contribution in [3.8, 4) is 0 Å². The van der Waals surface area contributed by atoms with Gasteiger partial charge in [0.05, 0.1) is 6.10 Å². The molecule has 0 amide bonds. The normalized spacial score (nSPS) is 14.6. The molecule has 1 aromatic heterocycles. The highest BCUT2D eigenvalue weighted by molar-refractivity contribution is 5.23. The molecule has 2 unspecified atom stereocenters. The van der Waals surface area contributed by atoms with Gasteiger partial charge in [-0.05, 0) is 13.0 Å². The van der Waals surface area contributed by atoms with Gasteiger partial charge >= 0.3 is 0 Å². The van der Waals surface area contributed by atoms with Gasteiger partial charge in [0, 0.05) is 11.6 Å². The van der Waals surface area contributed by atoms with Crippen molar-refractivity contribution in [1.29, 1.82) is 0 Å². The van der Waals surface area contributed by atoms with Crippen molar-refractivity contribution >= 4 is 0 Å². The van der Waals surface area contributed by atoms with Crippen LogP contribution in [0.4, 0.5) is 8.78 Å². The van der Waals surface area contributed by atoms with Crippen LogP contribution in [0.5, 0.6) is 0 Å². The predicted octanol–water partition coefficient (Wildman–Crippen LogP) is 1.53. The van der Waals surface area contributed by atoms with Crippen molar-refractivity contribution in [1.82, 2.24) is 14.8 Å². The minimum Gasteiger partial charge on any atom is -0.391 e. The largest absolute Gasteiger partial charge is 0.391 e. The van der Waals surface area contributed by atoms with E-state index in [1.807, 2.05) is 0 Å². The number of rotatable bonds is 3. The van der Waals surface area contributed by atoms with E-state index in [2.05, 4.69) is 10.1 Å². The van der Waals surface area contributed by atoms with Gasteiger partial charge in [0.2, 0.25) is 0 Å². The Morgan fingerprint density at radius 1 is 1.35 bits per heavy atom. The lowest BCUT2D eigenvalue weighted by Gasteiger charge is -2.20. The minimum atomic E-state index is -0.878. The average molecular weight is 239 g/mol. The molecule has 2 rings (SSSR count). The maximum atomic E-state index is 13.6. The lowest BCUT2D eigenvalue weighted by Crippen LogP contribution is -2.24. The van der Waals surface area contributed by atoms with E-state index in [1.54, 1.807) is 0 Å². The number of aromatic nitrogens is 3. The molecule has 0 spiro atoms. The van der Waals surface area contributed by atoms with Gasteiger partial charge in [0.1, 0.15) is 30.3 Å². The summed E-state index contributed by atoms with van der Waals surface area (Å²) in [6, 6.07) is 2.49. The van der Waals surface area contributed by atoms with E-state index >= 15 is 0 Å². The third kappa shape index (κ3) is 2.31. The Morgan fingerprint density at radius 2 is 2.12 bits per heavy atom. The van der Waals surface area contributed by atoms with Gasteiger partial charge in [-0.3, -0.25) is 0 Å². The van der Waals surface area contributed by atoms with Crippen LogP contribution in [-0.4, -0.2) is 26.0 Å². The molecule has 0 aliphatic rings. The molecule has 0 fully saturated rings. The molecule has 2 aromatic rings. The first kappa shape index (κ1) is 11.7. The fourth-order valence-corrected chi connectivity index (χ4v) is 1.73. The van der Waals surface area contributed by atoms with Crippen LogP contribution in [0, 0.1) is 11.6 Å². The molecule has 0 saturated carbocycles. The molecule has 0 saturated heterocycles. The van der Waals surface area contributed by atoms with E-state index in [-0.39, 0.29) is 5.56 Å². The van der Waals surface area contributed by atoms with E-state index in [0.29, 0.717) is 0 Å². The smallest absolute Gasteiger partial charge is 0.137 e. The number of halogens is 2. The second-order valence-electron chi connectivity index (χ2n) is 3.73. The number of aliphatic hydroxyl groups is 1. The first-order chi connectivity index (χ1) is 8.09. The highest BCUT2D eigenvalue weighted by Crippen LogP contribution is 2.24. The Morgan fingerprint density at radius 3 is 2.65 bits per heavy atom. The Hall–Kier alpha value is -1.82. The molecular formula is C11H11F2N3O. The average Bonchev–Trinajstić information content (AvgIpc) is 2.74. The van der Waals surface area contributed by atoms with Gasteiger partial charge in [-0.25, -0.2) is 18.4 Å². The van der Waals surface area contributed by atoms with Crippen molar-refractivity contribution in [3.05, 3.63) is 48.1 Å². The van der Waals surface area contributed by atoms with Crippen LogP contribution in [-0.2, 0) is 0 Å². The fraction of sp³-hybridized carbons (Fsp3) is 0.273. The van der Waals surface area contributed by atoms with Crippen molar-refractivity contribution in [2.24, 2.45) is 0 Å². The minimum absolute atomic E-state index is 0.173. The standard InChI is InChI=1S/C11H11F2N3O/c1-7(17)11(16-6-14-5-15-16)9-3-2-8(12)4-10(9)13/h2-7,11,17H,1H3. The number of aliphatic hydroxyl groups excluding tert-OH is 1. The van der Waals surface area contributed by atoms with Crippen LogP contribution in [0.3, 0.4) is 0 Å². The summed E-state index contributed by atoms with van der Waals surface area (Å²) in [7, 11) is 0. The van der Waals surface area contributed by atoms with Gasteiger partial charge in [-0.15, -0.1) is 0 Å². The molecular weight excluding hydrogens is 228 g/mol. The summed E-state index contributed by atoms with van der Waals surface area (Å²) in [4.78, 5) is 3.74. The fourth-order valence-electron chi connectivity index (χ4n) is 1.73. The SMILES string of the molecule is CC(O)C(c1ccc(F)cc1F)n1cncn1. The Bertz CT molecular complexity index is 499. The molecule has 4 nitrogen and oxygen atoms in total. The summed E-state index contributed by atoms with van der Waals surface area (Å²) in [5, 5.41) is 13.5. The van der Waals surface area contributed by atoms with Crippen LogP contribution < -0.4 is 0 Å². The second kappa shape index (κ2) is 4.58. The summed E-state index contributed by atoms with van der Waals surface area (Å²) < 4.78 is 27.8. The molecule has 17 heavy (non-hydrogen) atoms. The Kier molecular flexibility index (Phi) is 3.14. The highest BCUT2D eigenvalue weighted by Gasteiger charge is 2.23. The molecule has 1 N–H and O–H groups in total. The number of nitrogens with zero attached hydrogens (tertiary/aromatic N) is 3. The van der Waals surface area contributed by atoms with Crippen molar-refractivity contribution < 1.29 is 13.9 Å². The molecule has 0 bridgehead atoms. The van der Waals surface area contributed by atoms with Crippen molar-refractivity contribution in [3.63, 3.8) is 0 Å². The molecule has 6 heteroatoms. The van der Waals surface area contributed by atoms with E-state index in [0.717, 1.165) is 12.1 Å². The quantitative estimate of drug-likeness (QED) is 0.883. The van der Waals surface area contributed by atoms with E-state index in [1.165, 1.54) is 30.3 Å². The van der Waals surface area contributed by atoms with Gasteiger partial charge in [0.15, 0.2) is 0 Å². The lowest BCUT2D eigenvalue weighted by molar-refractivity contribution is 0.140. The summed E-state index contributed by atoms with van der Waals surface area (Å²) in [5.41, 5.74) is 0.173. The molecule has 0 radical (unpaired) electrons. The first-order valence-electron chi connectivity index (χ1n) is 5.06. The predicted molar refractivity (Wildman–Crippen MR) is 56.2 cm³/mol. The lowest BCUT2D eigenvalue weighted by atomic mass is 10.0. The van der Waals surface area contributed by atoms with Gasteiger partial charge in [0.25, 0.3) is 0 Å². The first-order valence-corrected chi connectivity index (χ1v) is 5.06. The van der Waals surface area contributed by atoms with Crippen LogP contribution in [0.1, 0.15) is 18.5 Å².